The molecule has 8 unspecified atom stereocenters. The molecule has 2 aliphatic carbocycles. The van der Waals surface area contributed by atoms with Crippen molar-refractivity contribution >= 4 is 11.6 Å². The molecule has 3 heterocycles. The number of amides is 1. The number of carbonyl (C=O) groups excluding carboxylic acids is 1. The Bertz CT molecular complexity index is 836. The Morgan fingerprint density at radius 1 is 1.44 bits per heavy atom. The van der Waals surface area contributed by atoms with Gasteiger partial charge in [-0.15, -0.1) is 6.58 Å². The number of anilines is 1. The molecule has 5 aliphatic rings. The molecule has 1 amide bonds. The molecule has 130 valence electrons. The highest BCUT2D eigenvalue weighted by Gasteiger charge is 2.83. The number of hydrogen-bond acceptors (Lipinski definition) is 3. The van der Waals surface area contributed by atoms with Crippen LogP contribution in [0, 0.1) is 28.4 Å². The Hall–Kier alpha value is -1.69. The second-order valence-electron chi connectivity index (χ2n) is 8.81. The second-order valence-corrected chi connectivity index (χ2v) is 8.81. The van der Waals surface area contributed by atoms with Crippen LogP contribution in [-0.4, -0.2) is 42.9 Å². The van der Waals surface area contributed by atoms with E-state index in [0.29, 0.717) is 19.1 Å². The summed E-state index contributed by atoms with van der Waals surface area (Å²) < 4.78 is 5.99. The first-order chi connectivity index (χ1) is 12.0. The fraction of sp³-hybridized carbons (Fsp3) is 0.550. The van der Waals surface area contributed by atoms with Gasteiger partial charge in [0.2, 0.25) is 5.91 Å². The largest absolute Gasteiger partial charge is 0.633 e. The third-order valence-corrected chi connectivity index (χ3v) is 8.12. The highest BCUT2D eigenvalue weighted by Crippen LogP contribution is 2.74. The zero-order valence-electron chi connectivity index (χ0n) is 14.3. The number of para-hydroxylation sites is 1. The molecular weight excluding hydrogens is 316 g/mol. The summed E-state index contributed by atoms with van der Waals surface area (Å²) in [6.45, 7) is 5.29. The highest BCUT2D eigenvalue weighted by molar-refractivity contribution is 6.07. The van der Waals surface area contributed by atoms with Gasteiger partial charge in [0.15, 0.2) is 0 Å². The van der Waals surface area contributed by atoms with E-state index in [2.05, 4.69) is 11.9 Å². The van der Waals surface area contributed by atoms with E-state index < -0.39 is 5.41 Å². The molecule has 25 heavy (non-hydrogen) atoms. The second kappa shape index (κ2) is 4.00. The van der Waals surface area contributed by atoms with Gasteiger partial charge in [0, 0.05) is 17.5 Å². The molecule has 1 aromatic rings. The number of quaternary nitrogens is 1. The molecule has 0 radical (unpaired) electrons. The molecule has 5 bridgehead atoms. The maximum absolute atomic E-state index is 13.5. The summed E-state index contributed by atoms with van der Waals surface area (Å²) in [6, 6.07) is 7.86. The van der Waals surface area contributed by atoms with Crippen molar-refractivity contribution in [3.63, 3.8) is 0 Å². The average molecular weight is 338 g/mol. The van der Waals surface area contributed by atoms with Gasteiger partial charge in [0.05, 0.1) is 37.8 Å². The van der Waals surface area contributed by atoms with Crippen molar-refractivity contribution in [2.75, 3.05) is 25.5 Å². The fourth-order valence-corrected chi connectivity index (χ4v) is 7.64. The number of ether oxygens (including phenoxy) is 1. The van der Waals surface area contributed by atoms with Gasteiger partial charge in [-0.25, -0.2) is 0 Å². The molecule has 1 spiro atoms. The predicted octanol–water partition coefficient (Wildman–Crippen LogP) is 2.04. The van der Waals surface area contributed by atoms with E-state index in [0.717, 1.165) is 17.7 Å². The summed E-state index contributed by atoms with van der Waals surface area (Å²) in [4.78, 5) is 13.4. The smallest absolute Gasteiger partial charge is 0.238 e. The first-order valence-electron chi connectivity index (χ1n) is 9.19. The third-order valence-electron chi connectivity index (χ3n) is 8.12. The first-order valence-corrected chi connectivity index (χ1v) is 9.19. The summed E-state index contributed by atoms with van der Waals surface area (Å²) in [7, 11) is 1.78. The van der Waals surface area contributed by atoms with Crippen molar-refractivity contribution in [2.45, 2.75) is 24.0 Å². The zero-order valence-corrected chi connectivity index (χ0v) is 14.3. The van der Waals surface area contributed by atoms with Crippen LogP contribution in [0.4, 0.5) is 5.69 Å². The summed E-state index contributed by atoms with van der Waals surface area (Å²) in [6.07, 6.45) is 2.73. The monoisotopic (exact) mass is 338 g/mol. The molecule has 5 heteroatoms. The molecule has 6 rings (SSSR count). The molecule has 0 aromatic heterocycles. The van der Waals surface area contributed by atoms with Crippen LogP contribution in [0.2, 0.25) is 0 Å². The minimum Gasteiger partial charge on any atom is -0.633 e. The lowest BCUT2D eigenvalue weighted by atomic mass is 9.51. The van der Waals surface area contributed by atoms with Crippen LogP contribution in [0.1, 0.15) is 12.0 Å². The van der Waals surface area contributed by atoms with Crippen molar-refractivity contribution in [1.29, 1.82) is 0 Å². The van der Waals surface area contributed by atoms with Gasteiger partial charge in [-0.05, 0) is 24.0 Å². The first kappa shape index (κ1) is 14.5. The van der Waals surface area contributed by atoms with Gasteiger partial charge in [-0.3, -0.25) is 4.79 Å². The molecule has 4 fully saturated rings. The fourth-order valence-electron chi connectivity index (χ4n) is 7.64. The number of piperidine rings is 1. The molecular formula is C20H22N2O3. The topological polar surface area (TPSA) is 61.4 Å². The van der Waals surface area contributed by atoms with Crippen molar-refractivity contribution < 1.29 is 14.2 Å². The van der Waals surface area contributed by atoms with Crippen molar-refractivity contribution in [1.82, 2.24) is 0 Å². The van der Waals surface area contributed by atoms with Crippen molar-refractivity contribution in [3.05, 3.63) is 47.7 Å². The Balaban J connectivity index is 1.70. The number of likely N-dealkylation sites (tertiary alicyclic amines) is 1. The van der Waals surface area contributed by atoms with E-state index >= 15 is 0 Å². The number of carbonyl (C=O) groups is 1. The quantitative estimate of drug-likeness (QED) is 0.484. The molecule has 8 atom stereocenters. The van der Waals surface area contributed by atoms with Gasteiger partial charge < -0.3 is 19.9 Å². The van der Waals surface area contributed by atoms with Crippen molar-refractivity contribution in [2.24, 2.45) is 23.2 Å². The van der Waals surface area contributed by atoms with E-state index in [9.17, 15) is 10.0 Å². The lowest BCUT2D eigenvalue weighted by Gasteiger charge is -2.55. The average Bonchev–Trinajstić information content (AvgIpc) is 3.04. The summed E-state index contributed by atoms with van der Waals surface area (Å²) in [5.74, 6) is 0.642. The van der Waals surface area contributed by atoms with Crippen LogP contribution in [0.5, 0.6) is 0 Å². The lowest BCUT2D eigenvalue weighted by Crippen LogP contribution is -2.62. The van der Waals surface area contributed by atoms with Gasteiger partial charge in [0.25, 0.3) is 0 Å². The minimum absolute atomic E-state index is 0.0165. The maximum Gasteiger partial charge on any atom is 0.238 e. The SMILES string of the molecule is C=CC12C[N+](C)([O-])C3C4COC(CC41)C1(C(=O)Nc4ccccc41)C32. The van der Waals surface area contributed by atoms with Crippen LogP contribution >= 0.6 is 0 Å². The van der Waals surface area contributed by atoms with E-state index in [1.165, 1.54) is 0 Å². The van der Waals surface area contributed by atoms with Gasteiger partial charge in [-0.2, -0.15) is 0 Å². The van der Waals surface area contributed by atoms with Crippen LogP contribution in [0.15, 0.2) is 36.9 Å². The Labute approximate surface area is 146 Å². The molecule has 1 aromatic carbocycles. The number of hydroxylamine groups is 3. The Morgan fingerprint density at radius 2 is 2.24 bits per heavy atom. The molecule has 1 N–H and O–H groups in total. The molecule has 2 saturated heterocycles. The van der Waals surface area contributed by atoms with Gasteiger partial charge >= 0.3 is 0 Å². The molecule has 2 saturated carbocycles. The van der Waals surface area contributed by atoms with E-state index in [4.69, 9.17) is 4.74 Å². The van der Waals surface area contributed by atoms with Crippen LogP contribution < -0.4 is 5.32 Å². The lowest BCUT2D eigenvalue weighted by molar-refractivity contribution is -0.887. The number of rotatable bonds is 1. The van der Waals surface area contributed by atoms with Crippen molar-refractivity contribution in [3.8, 4) is 0 Å². The van der Waals surface area contributed by atoms with Gasteiger partial charge in [0.1, 0.15) is 5.41 Å². The standard InChI is InChI=1S/C20H22N2O3/c1-3-19-10-22(2,24)16-11-9-25-15(8-13(11)19)20(17(16)19)12-6-4-5-7-14(12)21-18(20)23/h3-7,11,13,15-17H,1,8-10H2,2H3,(H,21,23). The van der Waals surface area contributed by atoms with E-state index in [1.807, 2.05) is 30.3 Å². The van der Waals surface area contributed by atoms with Crippen LogP contribution in [0.3, 0.4) is 0 Å². The summed E-state index contributed by atoms with van der Waals surface area (Å²) >= 11 is 0. The number of fused-ring (bicyclic) bond motifs is 5. The molecule has 3 aliphatic heterocycles. The Kier molecular flexibility index (Phi) is 2.32. The highest BCUT2D eigenvalue weighted by atomic mass is 16.6. The van der Waals surface area contributed by atoms with E-state index in [-0.39, 0.29) is 40.0 Å². The number of nitrogens with zero attached hydrogens (tertiary/aromatic N) is 1. The van der Waals surface area contributed by atoms with Crippen LogP contribution in [0.25, 0.3) is 0 Å². The summed E-state index contributed by atoms with van der Waals surface area (Å²) in [5.41, 5.74) is 0.885. The zero-order chi connectivity index (χ0) is 17.2. The number of nitrogens with one attached hydrogen (secondary N) is 1. The minimum atomic E-state index is -0.752. The van der Waals surface area contributed by atoms with E-state index in [1.54, 1.807) is 7.05 Å². The van der Waals surface area contributed by atoms with Crippen LogP contribution in [-0.2, 0) is 14.9 Å². The maximum atomic E-state index is 13.5. The number of benzene rings is 1. The summed E-state index contributed by atoms with van der Waals surface area (Å²) in [5, 5.41) is 16.6. The normalized spacial score (nSPS) is 54.0. The molecule has 5 nitrogen and oxygen atoms in total. The predicted molar refractivity (Wildman–Crippen MR) is 92.4 cm³/mol. The number of hydrogen-bond donors (Lipinski definition) is 1. The van der Waals surface area contributed by atoms with Gasteiger partial charge in [-0.1, -0.05) is 24.3 Å². The Morgan fingerprint density at radius 3 is 3.04 bits per heavy atom. The third kappa shape index (κ3) is 1.26.